The second-order valence-electron chi connectivity index (χ2n) is 4.71. The fourth-order valence-electron chi connectivity index (χ4n) is 2.39. The van der Waals surface area contributed by atoms with Gasteiger partial charge in [0, 0.05) is 13.1 Å². The lowest BCUT2D eigenvalue weighted by atomic mass is 10.00. The van der Waals surface area contributed by atoms with Crippen molar-refractivity contribution >= 4 is 22.9 Å². The number of aromatic nitrogens is 2. The molecule has 1 aromatic heterocycles. The first-order chi connectivity index (χ1) is 8.11. The van der Waals surface area contributed by atoms with E-state index in [1.165, 1.54) is 0 Å². The van der Waals surface area contributed by atoms with E-state index in [0.29, 0.717) is 0 Å². The highest BCUT2D eigenvalue weighted by molar-refractivity contribution is 5.96. The van der Waals surface area contributed by atoms with Crippen LogP contribution in [0.4, 0.5) is 5.95 Å². The van der Waals surface area contributed by atoms with Gasteiger partial charge in [0.25, 0.3) is 0 Å². The summed E-state index contributed by atoms with van der Waals surface area (Å²) in [6, 6.07) is 7.95. The van der Waals surface area contributed by atoms with Crippen LogP contribution in [0, 0.1) is 5.92 Å². The summed E-state index contributed by atoms with van der Waals surface area (Å²) in [6.07, 6.45) is 0. The van der Waals surface area contributed by atoms with Gasteiger partial charge in [-0.1, -0.05) is 19.1 Å². The third-order valence-electron chi connectivity index (χ3n) is 3.80. The molecular formula is C13H15N3O. The molecule has 0 saturated heterocycles. The predicted molar refractivity (Wildman–Crippen MR) is 67.4 cm³/mol. The SMILES string of the molecule is CC1C(=O)n2c(nc3ccccc32)N(C)C1C. The predicted octanol–water partition coefficient (Wildman–Crippen LogP) is 2.15. The van der Waals surface area contributed by atoms with Gasteiger partial charge in [0.1, 0.15) is 0 Å². The largest absolute Gasteiger partial charge is 0.341 e. The number of carbonyl (C=O) groups excluding carboxylic acids is 1. The molecule has 1 aromatic carbocycles. The molecule has 4 heteroatoms. The molecular weight excluding hydrogens is 214 g/mol. The second-order valence-corrected chi connectivity index (χ2v) is 4.71. The van der Waals surface area contributed by atoms with E-state index in [2.05, 4.69) is 16.8 Å². The number of anilines is 1. The average molecular weight is 229 g/mol. The smallest absolute Gasteiger partial charge is 0.238 e. The minimum atomic E-state index is -0.00916. The van der Waals surface area contributed by atoms with Crippen molar-refractivity contribution in [2.24, 2.45) is 5.92 Å². The van der Waals surface area contributed by atoms with Crippen molar-refractivity contribution in [2.75, 3.05) is 11.9 Å². The topological polar surface area (TPSA) is 38.1 Å². The van der Waals surface area contributed by atoms with Gasteiger partial charge >= 0.3 is 0 Å². The Balaban J connectivity index is 2.34. The summed E-state index contributed by atoms with van der Waals surface area (Å²) in [4.78, 5) is 19.0. The second kappa shape index (κ2) is 3.32. The lowest BCUT2D eigenvalue weighted by Crippen LogP contribution is -2.46. The number of benzene rings is 1. The van der Waals surface area contributed by atoms with E-state index < -0.39 is 0 Å². The molecule has 2 unspecified atom stereocenters. The van der Waals surface area contributed by atoms with Crippen molar-refractivity contribution in [3.8, 4) is 0 Å². The van der Waals surface area contributed by atoms with Gasteiger partial charge in [0.05, 0.1) is 17.0 Å². The number of rotatable bonds is 0. The van der Waals surface area contributed by atoms with E-state index in [9.17, 15) is 4.79 Å². The molecule has 2 atom stereocenters. The van der Waals surface area contributed by atoms with Crippen LogP contribution >= 0.6 is 0 Å². The minimum Gasteiger partial charge on any atom is -0.341 e. The number of hydrogen-bond donors (Lipinski definition) is 0. The minimum absolute atomic E-state index is 0.00916. The molecule has 0 spiro atoms. The van der Waals surface area contributed by atoms with Gasteiger partial charge in [-0.05, 0) is 19.1 Å². The van der Waals surface area contributed by atoms with E-state index in [1.54, 1.807) is 4.57 Å². The van der Waals surface area contributed by atoms with Crippen LogP contribution < -0.4 is 4.90 Å². The molecule has 0 fully saturated rings. The van der Waals surface area contributed by atoms with Crippen molar-refractivity contribution in [3.05, 3.63) is 24.3 Å². The molecule has 0 radical (unpaired) electrons. The Bertz CT molecular complexity index is 602. The van der Waals surface area contributed by atoms with E-state index in [0.717, 1.165) is 17.0 Å². The Labute approximate surface area is 99.9 Å². The van der Waals surface area contributed by atoms with Crippen LogP contribution in [0.5, 0.6) is 0 Å². The zero-order chi connectivity index (χ0) is 12.2. The summed E-state index contributed by atoms with van der Waals surface area (Å²) in [5, 5.41) is 0. The number of nitrogens with zero attached hydrogens (tertiary/aromatic N) is 3. The zero-order valence-corrected chi connectivity index (χ0v) is 10.2. The Hall–Kier alpha value is -1.84. The Kier molecular flexibility index (Phi) is 2.02. The van der Waals surface area contributed by atoms with Gasteiger partial charge in [0.15, 0.2) is 0 Å². The quantitative estimate of drug-likeness (QED) is 0.694. The number of carbonyl (C=O) groups is 1. The van der Waals surface area contributed by atoms with Crippen LogP contribution in [0.25, 0.3) is 11.0 Å². The van der Waals surface area contributed by atoms with Crippen LogP contribution in [0.15, 0.2) is 24.3 Å². The maximum absolute atomic E-state index is 12.3. The molecule has 2 aromatic rings. The number of hydrogen-bond acceptors (Lipinski definition) is 3. The maximum Gasteiger partial charge on any atom is 0.238 e. The molecule has 17 heavy (non-hydrogen) atoms. The third kappa shape index (κ3) is 1.24. The van der Waals surface area contributed by atoms with Gasteiger partial charge in [-0.3, -0.25) is 4.79 Å². The van der Waals surface area contributed by atoms with Crippen molar-refractivity contribution in [1.82, 2.24) is 9.55 Å². The van der Waals surface area contributed by atoms with Gasteiger partial charge in [-0.2, -0.15) is 0 Å². The first-order valence-corrected chi connectivity index (χ1v) is 5.86. The summed E-state index contributed by atoms with van der Waals surface area (Å²) in [5.41, 5.74) is 1.78. The molecule has 2 heterocycles. The molecule has 1 aliphatic rings. The standard InChI is InChI=1S/C13H15N3O/c1-8-9(2)15(3)13-14-10-6-4-5-7-11(10)16(13)12(8)17/h4-9H,1-3H3. The summed E-state index contributed by atoms with van der Waals surface area (Å²) >= 11 is 0. The molecule has 0 saturated carbocycles. The number of para-hydroxylation sites is 2. The highest BCUT2D eigenvalue weighted by Gasteiger charge is 2.35. The monoisotopic (exact) mass is 229 g/mol. The van der Waals surface area contributed by atoms with Crippen molar-refractivity contribution in [3.63, 3.8) is 0 Å². The van der Waals surface area contributed by atoms with Gasteiger partial charge < -0.3 is 4.90 Å². The van der Waals surface area contributed by atoms with Crippen LogP contribution in [0.1, 0.15) is 18.6 Å². The van der Waals surface area contributed by atoms with Crippen LogP contribution in [-0.4, -0.2) is 28.5 Å². The van der Waals surface area contributed by atoms with Gasteiger partial charge in [-0.15, -0.1) is 0 Å². The molecule has 3 rings (SSSR count). The molecule has 0 bridgehead atoms. The van der Waals surface area contributed by atoms with Crippen LogP contribution in [0.3, 0.4) is 0 Å². The summed E-state index contributed by atoms with van der Waals surface area (Å²) < 4.78 is 1.74. The highest BCUT2D eigenvalue weighted by atomic mass is 16.2. The van der Waals surface area contributed by atoms with Crippen LogP contribution in [-0.2, 0) is 0 Å². The first kappa shape index (κ1) is 10.3. The molecule has 0 amide bonds. The van der Waals surface area contributed by atoms with E-state index >= 15 is 0 Å². The molecule has 0 aliphatic carbocycles. The Morgan fingerprint density at radius 3 is 2.71 bits per heavy atom. The normalized spacial score (nSPS) is 24.2. The maximum atomic E-state index is 12.3. The zero-order valence-electron chi connectivity index (χ0n) is 10.2. The highest BCUT2D eigenvalue weighted by Crippen LogP contribution is 2.30. The Morgan fingerprint density at radius 2 is 1.94 bits per heavy atom. The Morgan fingerprint density at radius 1 is 1.24 bits per heavy atom. The van der Waals surface area contributed by atoms with Gasteiger partial charge in [0.2, 0.25) is 11.9 Å². The molecule has 4 nitrogen and oxygen atoms in total. The number of fused-ring (bicyclic) bond motifs is 3. The average Bonchev–Trinajstić information content (AvgIpc) is 2.73. The summed E-state index contributed by atoms with van der Waals surface area (Å²) in [6.45, 7) is 4.03. The fraction of sp³-hybridized carbons (Fsp3) is 0.385. The van der Waals surface area contributed by atoms with E-state index in [4.69, 9.17) is 0 Å². The van der Waals surface area contributed by atoms with Crippen molar-refractivity contribution < 1.29 is 4.79 Å². The van der Waals surface area contributed by atoms with E-state index in [1.807, 2.05) is 38.2 Å². The lowest BCUT2D eigenvalue weighted by Gasteiger charge is -2.35. The van der Waals surface area contributed by atoms with Gasteiger partial charge in [-0.25, -0.2) is 9.55 Å². The summed E-state index contributed by atoms with van der Waals surface area (Å²) in [5.74, 6) is 0.881. The van der Waals surface area contributed by atoms with Crippen molar-refractivity contribution in [2.45, 2.75) is 19.9 Å². The number of imidazole rings is 1. The molecule has 88 valence electrons. The summed E-state index contributed by atoms with van der Waals surface area (Å²) in [7, 11) is 1.99. The molecule has 1 aliphatic heterocycles. The fourth-order valence-corrected chi connectivity index (χ4v) is 2.39. The van der Waals surface area contributed by atoms with Crippen LogP contribution in [0.2, 0.25) is 0 Å². The molecule has 0 N–H and O–H groups in total. The lowest BCUT2D eigenvalue weighted by molar-refractivity contribution is 0.0818. The van der Waals surface area contributed by atoms with Crippen molar-refractivity contribution in [1.29, 1.82) is 0 Å². The van der Waals surface area contributed by atoms with E-state index in [-0.39, 0.29) is 17.9 Å². The first-order valence-electron chi connectivity index (χ1n) is 5.86. The third-order valence-corrected chi connectivity index (χ3v) is 3.80.